The minimum Gasteiger partial charge on any atom is -0.481 e. The molecule has 2 saturated heterocycles. The molecular formula is C18H20N4O4. The first kappa shape index (κ1) is 16.6. The van der Waals surface area contributed by atoms with Gasteiger partial charge in [-0.15, -0.1) is 0 Å². The van der Waals surface area contributed by atoms with Gasteiger partial charge in [-0.1, -0.05) is 0 Å². The molecule has 2 aliphatic rings. The number of imidazole rings is 1. The van der Waals surface area contributed by atoms with E-state index < -0.39 is 17.4 Å². The second-order valence-corrected chi connectivity index (χ2v) is 7.05. The summed E-state index contributed by atoms with van der Waals surface area (Å²) < 4.78 is 1.79. The number of aromatic nitrogens is 2. The molecule has 4 heterocycles. The van der Waals surface area contributed by atoms with Gasteiger partial charge in [0.1, 0.15) is 5.65 Å². The van der Waals surface area contributed by atoms with Gasteiger partial charge in [0, 0.05) is 45.1 Å². The van der Waals surface area contributed by atoms with Crippen molar-refractivity contribution >= 4 is 23.4 Å². The van der Waals surface area contributed by atoms with E-state index in [1.54, 1.807) is 52.0 Å². The van der Waals surface area contributed by atoms with Gasteiger partial charge in [0.2, 0.25) is 5.91 Å². The largest absolute Gasteiger partial charge is 0.481 e. The molecule has 0 bridgehead atoms. The molecule has 2 amide bonds. The predicted octanol–water partition coefficient (Wildman–Crippen LogP) is 0.872. The molecule has 1 spiro atoms. The number of hydrogen-bond donors (Lipinski definition) is 1. The zero-order chi connectivity index (χ0) is 18.5. The van der Waals surface area contributed by atoms with Gasteiger partial charge in [-0.25, -0.2) is 4.98 Å². The molecule has 0 aliphatic carbocycles. The summed E-state index contributed by atoms with van der Waals surface area (Å²) in [7, 11) is 1.68. The van der Waals surface area contributed by atoms with Gasteiger partial charge in [0.25, 0.3) is 5.91 Å². The summed E-state index contributed by atoms with van der Waals surface area (Å²) >= 11 is 0. The highest BCUT2D eigenvalue weighted by Crippen LogP contribution is 2.42. The van der Waals surface area contributed by atoms with E-state index in [4.69, 9.17) is 0 Å². The fourth-order valence-corrected chi connectivity index (χ4v) is 4.31. The molecule has 2 aromatic rings. The average Bonchev–Trinajstić information content (AvgIpc) is 3.20. The molecule has 1 atom stereocenters. The third-order valence-corrected chi connectivity index (χ3v) is 5.92. The van der Waals surface area contributed by atoms with E-state index in [0.717, 1.165) is 5.65 Å². The van der Waals surface area contributed by atoms with Crippen molar-refractivity contribution < 1.29 is 19.5 Å². The summed E-state index contributed by atoms with van der Waals surface area (Å²) in [5, 5.41) is 9.53. The quantitative estimate of drug-likeness (QED) is 0.862. The summed E-state index contributed by atoms with van der Waals surface area (Å²) in [6, 6.07) is 3.54. The van der Waals surface area contributed by atoms with Crippen LogP contribution in [0.15, 0.2) is 30.7 Å². The Morgan fingerprint density at radius 1 is 1.27 bits per heavy atom. The average molecular weight is 356 g/mol. The Morgan fingerprint density at radius 2 is 2.00 bits per heavy atom. The highest BCUT2D eigenvalue weighted by atomic mass is 16.4. The zero-order valence-electron chi connectivity index (χ0n) is 14.5. The molecular weight excluding hydrogens is 336 g/mol. The summed E-state index contributed by atoms with van der Waals surface area (Å²) in [6.45, 7) is 0.865. The van der Waals surface area contributed by atoms with Crippen LogP contribution in [0, 0.1) is 5.92 Å². The number of nitrogens with zero attached hydrogens (tertiary/aromatic N) is 4. The molecule has 8 heteroatoms. The van der Waals surface area contributed by atoms with Crippen molar-refractivity contribution in [3.05, 3.63) is 36.3 Å². The smallest absolute Gasteiger partial charge is 0.309 e. The van der Waals surface area contributed by atoms with Crippen molar-refractivity contribution in [2.45, 2.75) is 24.8 Å². The number of piperidine rings is 1. The van der Waals surface area contributed by atoms with Crippen molar-refractivity contribution in [3.8, 4) is 0 Å². The summed E-state index contributed by atoms with van der Waals surface area (Å²) in [4.78, 5) is 44.0. The molecule has 1 N–H and O–H groups in total. The maximum Gasteiger partial charge on any atom is 0.309 e. The zero-order valence-corrected chi connectivity index (χ0v) is 14.5. The lowest BCUT2D eigenvalue weighted by molar-refractivity contribution is -0.145. The van der Waals surface area contributed by atoms with Crippen LogP contribution in [0.3, 0.4) is 0 Å². The normalized spacial score (nSPS) is 22.3. The lowest BCUT2D eigenvalue weighted by Gasteiger charge is -2.45. The van der Waals surface area contributed by atoms with Crippen molar-refractivity contribution in [2.75, 3.05) is 20.1 Å². The Bertz CT molecular complexity index is 897. The Balaban J connectivity index is 1.53. The number of pyridine rings is 1. The number of aliphatic carboxylic acids is 1. The van der Waals surface area contributed by atoms with Crippen LogP contribution in [0.5, 0.6) is 0 Å². The Hall–Kier alpha value is -2.90. The van der Waals surface area contributed by atoms with E-state index in [2.05, 4.69) is 4.98 Å². The molecule has 0 saturated carbocycles. The Kier molecular flexibility index (Phi) is 3.71. The fraction of sp³-hybridized carbons (Fsp3) is 0.444. The lowest BCUT2D eigenvalue weighted by Crippen LogP contribution is -2.56. The fourth-order valence-electron chi connectivity index (χ4n) is 4.31. The third kappa shape index (κ3) is 2.36. The molecule has 2 aliphatic heterocycles. The number of carbonyl (C=O) groups is 3. The van der Waals surface area contributed by atoms with Gasteiger partial charge in [0.05, 0.1) is 17.0 Å². The number of likely N-dealkylation sites (tertiary alicyclic amines) is 2. The molecule has 136 valence electrons. The maximum absolute atomic E-state index is 12.8. The molecule has 4 rings (SSSR count). The van der Waals surface area contributed by atoms with Gasteiger partial charge >= 0.3 is 5.97 Å². The second kappa shape index (κ2) is 5.82. The highest BCUT2D eigenvalue weighted by Gasteiger charge is 2.55. The number of fused-ring (bicyclic) bond motifs is 1. The number of rotatable bonds is 2. The molecule has 0 radical (unpaired) electrons. The Labute approximate surface area is 150 Å². The molecule has 2 aromatic heterocycles. The van der Waals surface area contributed by atoms with Crippen molar-refractivity contribution in [1.29, 1.82) is 0 Å². The summed E-state index contributed by atoms with van der Waals surface area (Å²) in [6.07, 6.45) is 6.20. The van der Waals surface area contributed by atoms with E-state index in [1.165, 1.54) is 0 Å². The number of amides is 2. The van der Waals surface area contributed by atoms with Crippen molar-refractivity contribution in [1.82, 2.24) is 19.2 Å². The Morgan fingerprint density at radius 3 is 2.69 bits per heavy atom. The summed E-state index contributed by atoms with van der Waals surface area (Å²) in [5.41, 5.74) is 0.653. The second-order valence-electron chi connectivity index (χ2n) is 7.05. The van der Waals surface area contributed by atoms with Gasteiger partial charge in [-0.05, 0) is 25.0 Å². The van der Waals surface area contributed by atoms with Crippen molar-refractivity contribution in [3.63, 3.8) is 0 Å². The number of carboxylic acids is 1. The van der Waals surface area contributed by atoms with Crippen LogP contribution in [0.1, 0.15) is 29.6 Å². The highest BCUT2D eigenvalue weighted by molar-refractivity contribution is 5.94. The first-order chi connectivity index (χ1) is 12.4. The van der Waals surface area contributed by atoms with Gasteiger partial charge < -0.3 is 19.3 Å². The third-order valence-electron chi connectivity index (χ3n) is 5.92. The SMILES string of the molecule is CN1C(=O)C[C@@H](C(=O)O)C12CCN(C(=O)c1ccc3nccn3c1)CC2. The van der Waals surface area contributed by atoms with Crippen LogP contribution in [0.2, 0.25) is 0 Å². The van der Waals surface area contributed by atoms with E-state index in [0.29, 0.717) is 31.5 Å². The van der Waals surface area contributed by atoms with Gasteiger partial charge in [-0.2, -0.15) is 0 Å². The molecule has 2 fully saturated rings. The summed E-state index contributed by atoms with van der Waals surface area (Å²) in [5.74, 6) is -1.87. The molecule has 26 heavy (non-hydrogen) atoms. The molecule has 0 aromatic carbocycles. The number of carboxylic acid groups (broad SMARTS) is 1. The van der Waals surface area contributed by atoms with Crippen LogP contribution < -0.4 is 0 Å². The minimum atomic E-state index is -0.937. The van der Waals surface area contributed by atoms with E-state index in [9.17, 15) is 19.5 Å². The van der Waals surface area contributed by atoms with E-state index in [1.807, 2.05) is 0 Å². The monoisotopic (exact) mass is 356 g/mol. The first-order valence-electron chi connectivity index (χ1n) is 8.64. The number of carbonyl (C=O) groups excluding carboxylic acids is 2. The van der Waals surface area contributed by atoms with Crippen LogP contribution >= 0.6 is 0 Å². The maximum atomic E-state index is 12.8. The van der Waals surface area contributed by atoms with Crippen LogP contribution in [0.4, 0.5) is 0 Å². The predicted molar refractivity (Wildman–Crippen MR) is 91.6 cm³/mol. The first-order valence-corrected chi connectivity index (χ1v) is 8.64. The van der Waals surface area contributed by atoms with Crippen LogP contribution in [0.25, 0.3) is 5.65 Å². The van der Waals surface area contributed by atoms with Crippen molar-refractivity contribution in [2.24, 2.45) is 5.92 Å². The standard InChI is InChI=1S/C18H20N4O4/c1-20-15(23)10-13(17(25)26)18(20)4-7-21(8-5-18)16(24)12-2-3-14-19-6-9-22(14)11-12/h2-3,6,9,11,13H,4-5,7-8,10H2,1H3,(H,25,26)/t13-/m0/s1. The van der Waals surface area contributed by atoms with Gasteiger partial charge in [-0.3, -0.25) is 14.4 Å². The topological polar surface area (TPSA) is 95.2 Å². The minimum absolute atomic E-state index is 0.0388. The van der Waals surface area contributed by atoms with Crippen LogP contribution in [-0.2, 0) is 9.59 Å². The lowest BCUT2D eigenvalue weighted by atomic mass is 9.77. The van der Waals surface area contributed by atoms with E-state index in [-0.39, 0.29) is 18.2 Å². The number of hydrogen-bond acceptors (Lipinski definition) is 4. The molecule has 0 unspecified atom stereocenters. The van der Waals surface area contributed by atoms with Gasteiger partial charge in [0.15, 0.2) is 0 Å². The van der Waals surface area contributed by atoms with E-state index >= 15 is 0 Å². The molecule has 8 nitrogen and oxygen atoms in total. The van der Waals surface area contributed by atoms with Crippen LogP contribution in [-0.4, -0.2) is 67.8 Å².